The van der Waals surface area contributed by atoms with Crippen LogP contribution in [0, 0.1) is 116 Å². The summed E-state index contributed by atoms with van der Waals surface area (Å²) >= 11 is 0. The number of ether oxygens (including phenoxy) is 10. The fourth-order valence-corrected chi connectivity index (χ4v) is 29.1. The number of aliphatic hydroxyl groups is 10. The van der Waals surface area contributed by atoms with Crippen molar-refractivity contribution >= 4 is 89.2 Å². The summed E-state index contributed by atoms with van der Waals surface area (Å²) in [6.07, 6.45) is 16.2. The first kappa shape index (κ1) is 112. The molecule has 8 saturated carbocycles. The molecular weight excluding hydrogens is 1870 g/mol. The lowest BCUT2D eigenvalue weighted by Crippen LogP contribution is -2.61. The molecule has 1 aliphatic heterocycles. The maximum Gasteiger partial charge on any atom is 0.336 e. The van der Waals surface area contributed by atoms with E-state index in [4.69, 9.17) is 53.8 Å². The van der Waals surface area contributed by atoms with Crippen LogP contribution in [0.2, 0.25) is 0 Å². The third-order valence-electron chi connectivity index (χ3n) is 35.6. The van der Waals surface area contributed by atoms with Gasteiger partial charge in [0.2, 0.25) is 6.41 Å². The van der Waals surface area contributed by atoms with Crippen molar-refractivity contribution in [1.29, 1.82) is 0 Å². The van der Waals surface area contributed by atoms with Crippen LogP contribution >= 0.6 is 0 Å². The van der Waals surface area contributed by atoms with Gasteiger partial charge in [-0.2, -0.15) is 0 Å². The Labute approximate surface area is 829 Å². The van der Waals surface area contributed by atoms with E-state index in [1.54, 1.807) is 52.0 Å². The predicted octanol–water partition coefficient (Wildman–Crippen LogP) is 4.28. The van der Waals surface area contributed by atoms with Crippen molar-refractivity contribution in [3.63, 3.8) is 0 Å². The third kappa shape index (κ3) is 18.1. The number of hydrogen-bond donors (Lipinski definition) is 14. The second-order valence-electron chi connectivity index (χ2n) is 45.4. The first-order valence-corrected chi connectivity index (χ1v) is 48.6. The number of nitrogens with one attached hydrogen (secondary N) is 1. The maximum atomic E-state index is 13.2. The smallest absolute Gasteiger partial charge is 0.336 e. The van der Waals surface area contributed by atoms with Crippen LogP contribution in [0.5, 0.6) is 0 Å². The average molecular weight is 2010 g/mol. The Kier molecular flexibility index (Phi) is 30.4. The van der Waals surface area contributed by atoms with Gasteiger partial charge >= 0.3 is 59.7 Å². The highest BCUT2D eigenvalue weighted by atomic mass is 16.7. The summed E-state index contributed by atoms with van der Waals surface area (Å²) in [6, 6.07) is -1.95. The predicted molar refractivity (Wildman–Crippen MR) is 498 cm³/mol. The van der Waals surface area contributed by atoms with E-state index >= 15 is 0 Å². The average Bonchev–Trinajstić information content (AvgIpc) is 1.50. The van der Waals surface area contributed by atoms with Crippen LogP contribution < -0.4 is 11.1 Å². The van der Waals surface area contributed by atoms with Crippen molar-refractivity contribution in [3.8, 4) is 0 Å². The fraction of sp³-hybridized carbons (Fsp3) is 0.702. The van der Waals surface area contributed by atoms with Gasteiger partial charge in [0.15, 0.2) is 23.1 Å². The molecule has 39 nitrogen and oxygen atoms in total. The molecular formula is C104H142N2O37. The summed E-state index contributed by atoms with van der Waals surface area (Å²) in [5, 5.41) is 135. The van der Waals surface area contributed by atoms with Crippen molar-refractivity contribution in [1.82, 2.24) is 5.32 Å². The molecule has 1 amide bonds. The Bertz CT molecular complexity index is 5360. The van der Waals surface area contributed by atoms with Gasteiger partial charge in [-0.05, 0) is 122 Å². The fourth-order valence-electron chi connectivity index (χ4n) is 29.1. The first-order valence-electron chi connectivity index (χ1n) is 48.6. The number of ketones is 4. The number of carbonyl (C=O) groups is 15. The number of carboxylic acids is 2. The molecule has 0 unspecified atom stereocenters. The second kappa shape index (κ2) is 38.7. The number of esters is 8. The maximum absolute atomic E-state index is 13.2. The molecule has 0 aromatic rings. The number of Topliss-reactive ketones (excluding diaryl/α,β-unsaturated/α-hetero) is 4. The lowest BCUT2D eigenvalue weighted by atomic mass is 9.60. The topological polar surface area (TPSA) is 629 Å². The van der Waals surface area contributed by atoms with Crippen molar-refractivity contribution in [2.45, 2.75) is 289 Å². The monoisotopic (exact) mass is 2010 g/mol. The number of cyclic esters (lactones) is 2. The van der Waals surface area contributed by atoms with Gasteiger partial charge in [-0.1, -0.05) is 132 Å². The van der Waals surface area contributed by atoms with Crippen molar-refractivity contribution < 1.29 is 181 Å². The van der Waals surface area contributed by atoms with E-state index in [2.05, 4.69) is 14.8 Å². The molecule has 39 heteroatoms. The minimum atomic E-state index is -1.83. The molecule has 9 fully saturated rings. The number of aliphatic hydroxyl groups excluding tert-OH is 2. The number of amides is 1. The number of fused-ring (bicyclic) bond motifs is 20. The molecule has 17 rings (SSSR count). The number of carboxylic acid groups (broad SMARTS) is 2. The molecule has 0 spiro atoms. The molecule has 143 heavy (non-hydrogen) atoms. The van der Waals surface area contributed by atoms with E-state index in [1.807, 2.05) is 107 Å². The van der Waals surface area contributed by atoms with Gasteiger partial charge in [-0.25, -0.2) is 9.59 Å². The second-order valence-corrected chi connectivity index (χ2v) is 45.4. The number of aliphatic carboxylic acids is 2. The van der Waals surface area contributed by atoms with E-state index in [0.29, 0.717) is 76.7 Å². The Morgan fingerprint density at radius 3 is 0.909 bits per heavy atom. The summed E-state index contributed by atoms with van der Waals surface area (Å²) in [4.78, 5) is 171. The Morgan fingerprint density at radius 2 is 0.685 bits per heavy atom. The molecule has 0 aromatic heterocycles. The molecule has 0 aromatic carbocycles. The first-order chi connectivity index (χ1) is 65.9. The van der Waals surface area contributed by atoms with Crippen LogP contribution in [0.25, 0.3) is 0 Å². The molecule has 790 valence electrons. The van der Waals surface area contributed by atoms with Gasteiger partial charge in [0.1, 0.15) is 77.1 Å². The van der Waals surface area contributed by atoms with E-state index < -0.39 is 191 Å². The minimum Gasteiger partial charge on any atom is -0.480 e. The number of carbonyl (C=O) groups excluding carboxylic acids is 13. The Balaban J connectivity index is 0.000000161. The highest BCUT2D eigenvalue weighted by molar-refractivity contribution is 6.07. The zero-order valence-electron chi connectivity index (χ0n) is 85.3. The van der Waals surface area contributed by atoms with Crippen LogP contribution in [0.3, 0.4) is 0 Å². The van der Waals surface area contributed by atoms with Crippen LogP contribution in [0.4, 0.5) is 0 Å². The molecule has 0 radical (unpaired) electrons. The van der Waals surface area contributed by atoms with E-state index in [0.717, 1.165) is 0 Å². The van der Waals surface area contributed by atoms with Crippen LogP contribution in [-0.4, -0.2) is 283 Å². The van der Waals surface area contributed by atoms with Gasteiger partial charge in [0, 0.05) is 160 Å². The summed E-state index contributed by atoms with van der Waals surface area (Å²) in [6.45, 7) is 36.4. The largest absolute Gasteiger partial charge is 0.480 e. The molecule has 1 heterocycles. The summed E-state index contributed by atoms with van der Waals surface area (Å²) < 4.78 is 52.8. The van der Waals surface area contributed by atoms with E-state index in [-0.39, 0.29) is 172 Å². The van der Waals surface area contributed by atoms with Gasteiger partial charge in [-0.15, -0.1) is 0 Å². The molecule has 16 aliphatic carbocycles. The quantitative estimate of drug-likeness (QED) is 0.0145. The third-order valence-corrected chi connectivity index (χ3v) is 35.6. The van der Waals surface area contributed by atoms with Gasteiger partial charge < -0.3 is 120 Å². The number of rotatable bonds is 21. The van der Waals surface area contributed by atoms with Crippen molar-refractivity contribution in [3.05, 3.63) is 93.2 Å². The molecule has 30 atom stereocenters. The standard InChI is InChI=1S/C26H37NO9.C25H34O9.2C22H30O6.C5H5NO4.C4H6O3/c1-13-6-19-24(32,21(13)29)9-16(10-34-12-35-11-18(27)22(30)31)7-17-20-23(4,5)25(20,36-15(3)28)8-14(2)26(17,19)33;1-13-6-18-23(30,21(13)29)9-16(10-32-12-33-11-19(27)28)7-17-20-22(4,5)24(20,34-15(3)26)8-14(2)25(17,18)31;2*1-11-6-16-20(26,18(11)25)9-14(10-23)7-15-17-19(4,5)21(17,28-13(3)24)8-12(2)22(15,16)27;7-2-6-3-1-4(8)10-5(3)9;1-3(5)7-4(2)6/h6-7,14,17-20,32-33H,8-12,27H2,1-5H3,(H,30,31);6-7,14,17-18,20,30-31H,8-12H2,1-5H3,(H,27,28);2*6-7,12,15-17,23,26-27H,8-10H2,1-5H3;2-3H,1H2,(H,6,7);1-2H3/t14-,17+,18-,19-,20-,24-,25+,26-;14-,17+,18-,20-,23-,24+,25-;2*12-,15+,16-,17-,20-,21+,22-;3-;/m11110./s1. The van der Waals surface area contributed by atoms with E-state index in [9.17, 15) is 123 Å². The summed E-state index contributed by atoms with van der Waals surface area (Å²) in [5.74, 6) is -15.0. The highest BCUT2D eigenvalue weighted by Gasteiger charge is 2.88. The van der Waals surface area contributed by atoms with Gasteiger partial charge in [-0.3, -0.25) is 62.3 Å². The lowest BCUT2D eigenvalue weighted by molar-refractivity contribution is -0.186. The zero-order valence-corrected chi connectivity index (χ0v) is 85.3. The molecule has 15 N–H and O–H groups in total. The number of hydrogen-bond acceptors (Lipinski definition) is 36. The molecule has 0 bridgehead atoms. The number of nitrogens with two attached hydrogens (primary N) is 1. The lowest BCUT2D eigenvalue weighted by Gasteiger charge is -2.50. The van der Waals surface area contributed by atoms with Gasteiger partial charge in [0.05, 0.1) is 61.9 Å². The van der Waals surface area contributed by atoms with E-state index in [1.165, 1.54) is 41.5 Å². The normalized spacial score (nSPS) is 41.4. The van der Waals surface area contributed by atoms with Crippen molar-refractivity contribution in [2.75, 3.05) is 53.2 Å². The molecule has 17 aliphatic rings. The Hall–Kier alpha value is -9.43. The van der Waals surface area contributed by atoms with Crippen LogP contribution in [0.1, 0.15) is 210 Å². The van der Waals surface area contributed by atoms with Crippen molar-refractivity contribution in [2.24, 2.45) is 122 Å². The minimum absolute atomic E-state index is 0.0000834. The summed E-state index contributed by atoms with van der Waals surface area (Å²) in [7, 11) is 0. The zero-order chi connectivity index (χ0) is 107. The van der Waals surface area contributed by atoms with Gasteiger partial charge in [0.25, 0.3) is 0 Å². The van der Waals surface area contributed by atoms with Crippen LogP contribution in [0.15, 0.2) is 93.2 Å². The van der Waals surface area contributed by atoms with Crippen LogP contribution in [-0.2, 0) is 119 Å². The SMILES string of the molecule is CC(=O)OC(C)=O.CC(=O)O[C@@]12C[C@@H](C)[C@@]3(O)[C@@H](C=C(CO)C[C@]4(O)C(=O)C(C)=C[C@@H]34)[C@@H]1C2(C)C.CC(=O)O[C@@]12C[C@@H](C)[C@@]3(O)[C@@H](C=C(CO)C[C@]4(O)C(=O)C(C)=C[C@@H]34)[C@@H]1C2(C)C.CC(=O)O[C@@]12C[C@@H](C)[C@@]3(O)[C@@H](C=C(COCOCC(=O)O)C[C@]4(O)C(=O)C(C)=C[C@@H]34)[C@@H]1C2(C)C.CC(=O)O[C@@]12C[C@@H](C)[C@@]3(O)[C@@H](C=C(COCOC[C@@H](N)C(=O)O)C[C@]4(O)C(=O)C(C)=C[C@@H]34)[C@@H]1C2(C)C.O=CN[C@H]1CC(=O)OC1=O. The Morgan fingerprint density at radius 1 is 0.420 bits per heavy atom. The molecule has 1 saturated heterocycles. The summed E-state index contributed by atoms with van der Waals surface area (Å²) in [5.41, 5.74) is -7.79. The highest BCUT2D eigenvalue weighted by Crippen LogP contribution is 2.81.